The zero-order chi connectivity index (χ0) is 8.81. The van der Waals surface area contributed by atoms with Gasteiger partial charge < -0.3 is 10.1 Å². The summed E-state index contributed by atoms with van der Waals surface area (Å²) in [5.74, 6) is 0. The molecule has 0 fully saturated rings. The molecule has 0 aromatic heterocycles. The summed E-state index contributed by atoms with van der Waals surface area (Å²) in [7, 11) is 0. The Kier molecular flexibility index (Phi) is 4.00. The number of ether oxygens (including phenoxy) is 1. The molecule has 0 unspecified atom stereocenters. The van der Waals surface area contributed by atoms with Crippen LogP contribution in [0.4, 0.5) is 8.78 Å². The summed E-state index contributed by atoms with van der Waals surface area (Å²) in [5, 5.41) is 2.65. The highest BCUT2D eigenvalue weighted by molar-refractivity contribution is 4.82. The van der Waals surface area contributed by atoms with Gasteiger partial charge in [-0.1, -0.05) is 0 Å². The first-order valence-electron chi connectivity index (χ1n) is 4.08. The zero-order valence-electron chi connectivity index (χ0n) is 6.80. The standard InChI is InChI=1S/C8H13F2NO/c9-8(10)6-11-5-7-3-1-2-4-12-7/h2,4,7-8,11H,1,3,5-6H2/t7-/m1/s1. The summed E-state index contributed by atoms with van der Waals surface area (Å²) in [6.45, 7) is 0.262. The van der Waals surface area contributed by atoms with Crippen molar-refractivity contribution in [3.05, 3.63) is 12.3 Å². The molecular formula is C8H13F2NO. The van der Waals surface area contributed by atoms with Crippen molar-refractivity contribution in [3.8, 4) is 0 Å². The maximum atomic E-state index is 11.7. The smallest absolute Gasteiger partial charge is 0.250 e. The Labute approximate surface area is 70.6 Å². The van der Waals surface area contributed by atoms with Gasteiger partial charge in [0.25, 0.3) is 6.43 Å². The molecule has 1 rings (SSSR count). The average molecular weight is 177 g/mol. The SMILES string of the molecule is FC(F)CNC[C@H]1CCC=CO1. The average Bonchev–Trinajstić information content (AvgIpc) is 2.05. The first-order chi connectivity index (χ1) is 5.79. The molecule has 0 aromatic rings. The second-order valence-electron chi connectivity index (χ2n) is 2.76. The van der Waals surface area contributed by atoms with E-state index < -0.39 is 6.43 Å². The lowest BCUT2D eigenvalue weighted by molar-refractivity contribution is 0.106. The number of allylic oxidation sites excluding steroid dienone is 1. The van der Waals surface area contributed by atoms with Gasteiger partial charge in [0, 0.05) is 6.54 Å². The van der Waals surface area contributed by atoms with Gasteiger partial charge in [-0.05, 0) is 18.9 Å². The third-order valence-electron chi connectivity index (χ3n) is 1.69. The highest BCUT2D eigenvalue weighted by Crippen LogP contribution is 2.08. The summed E-state index contributed by atoms with van der Waals surface area (Å²) in [6.07, 6.45) is 3.24. The molecule has 2 nitrogen and oxygen atoms in total. The maximum Gasteiger partial charge on any atom is 0.250 e. The monoisotopic (exact) mass is 177 g/mol. The van der Waals surface area contributed by atoms with E-state index in [2.05, 4.69) is 5.32 Å². The van der Waals surface area contributed by atoms with Crippen molar-refractivity contribution in [1.29, 1.82) is 0 Å². The number of rotatable bonds is 4. The molecule has 12 heavy (non-hydrogen) atoms. The van der Waals surface area contributed by atoms with E-state index in [1.807, 2.05) is 6.08 Å². The minimum atomic E-state index is -2.27. The molecule has 1 N–H and O–H groups in total. The molecule has 1 atom stereocenters. The van der Waals surface area contributed by atoms with Crippen LogP contribution in [0.3, 0.4) is 0 Å². The normalized spacial score (nSPS) is 22.8. The number of alkyl halides is 2. The molecule has 70 valence electrons. The van der Waals surface area contributed by atoms with Gasteiger partial charge in [0.15, 0.2) is 0 Å². The van der Waals surface area contributed by atoms with Crippen LogP contribution >= 0.6 is 0 Å². The number of hydrogen-bond acceptors (Lipinski definition) is 2. The van der Waals surface area contributed by atoms with Gasteiger partial charge in [-0.3, -0.25) is 0 Å². The fourth-order valence-electron chi connectivity index (χ4n) is 1.09. The third kappa shape index (κ3) is 3.67. The van der Waals surface area contributed by atoms with Crippen molar-refractivity contribution in [2.45, 2.75) is 25.4 Å². The number of hydrogen-bond donors (Lipinski definition) is 1. The Bertz CT molecular complexity index is 150. The van der Waals surface area contributed by atoms with Gasteiger partial charge in [-0.2, -0.15) is 0 Å². The fraction of sp³-hybridized carbons (Fsp3) is 0.750. The van der Waals surface area contributed by atoms with Crippen LogP contribution in [-0.4, -0.2) is 25.6 Å². The van der Waals surface area contributed by atoms with Gasteiger partial charge in [0.1, 0.15) is 6.10 Å². The fourth-order valence-corrected chi connectivity index (χ4v) is 1.09. The maximum absolute atomic E-state index is 11.7. The van der Waals surface area contributed by atoms with Gasteiger partial charge in [-0.15, -0.1) is 0 Å². The minimum Gasteiger partial charge on any atom is -0.497 e. The molecule has 4 heteroatoms. The lowest BCUT2D eigenvalue weighted by Gasteiger charge is -2.19. The van der Waals surface area contributed by atoms with Crippen LogP contribution in [0, 0.1) is 0 Å². The molecule has 1 heterocycles. The van der Waals surface area contributed by atoms with Crippen LogP contribution in [0.5, 0.6) is 0 Å². The third-order valence-corrected chi connectivity index (χ3v) is 1.69. The molecule has 0 saturated heterocycles. The van der Waals surface area contributed by atoms with Crippen molar-refractivity contribution in [3.63, 3.8) is 0 Å². The van der Waals surface area contributed by atoms with Crippen LogP contribution in [0.25, 0.3) is 0 Å². The second-order valence-corrected chi connectivity index (χ2v) is 2.76. The Morgan fingerprint density at radius 1 is 1.58 bits per heavy atom. The molecule has 0 amide bonds. The Hall–Kier alpha value is -0.640. The van der Waals surface area contributed by atoms with Crippen molar-refractivity contribution in [1.82, 2.24) is 5.32 Å². The minimum absolute atomic E-state index is 0.0637. The van der Waals surface area contributed by atoms with Crippen LogP contribution in [-0.2, 0) is 4.74 Å². The topological polar surface area (TPSA) is 21.3 Å². The number of nitrogens with one attached hydrogen (secondary N) is 1. The molecule has 0 saturated carbocycles. The van der Waals surface area contributed by atoms with E-state index in [0.717, 1.165) is 12.8 Å². The Morgan fingerprint density at radius 2 is 2.42 bits per heavy atom. The predicted molar refractivity (Wildman–Crippen MR) is 42.1 cm³/mol. The van der Waals surface area contributed by atoms with Crippen molar-refractivity contribution in [2.24, 2.45) is 0 Å². The quantitative estimate of drug-likeness (QED) is 0.703. The summed E-state index contributed by atoms with van der Waals surface area (Å²) in [4.78, 5) is 0. The lowest BCUT2D eigenvalue weighted by Crippen LogP contribution is -2.32. The van der Waals surface area contributed by atoms with Gasteiger partial charge >= 0.3 is 0 Å². The second kappa shape index (κ2) is 5.09. The first-order valence-corrected chi connectivity index (χ1v) is 4.08. The molecular weight excluding hydrogens is 164 g/mol. The highest BCUT2D eigenvalue weighted by atomic mass is 19.3. The molecule has 0 bridgehead atoms. The predicted octanol–water partition coefficient (Wildman–Crippen LogP) is 1.53. The van der Waals surface area contributed by atoms with Crippen molar-refractivity contribution < 1.29 is 13.5 Å². The van der Waals surface area contributed by atoms with E-state index in [0.29, 0.717) is 6.54 Å². The molecule has 0 spiro atoms. The molecule has 0 radical (unpaired) electrons. The molecule has 0 aromatic carbocycles. The van der Waals surface area contributed by atoms with Gasteiger partial charge in [-0.25, -0.2) is 8.78 Å². The van der Waals surface area contributed by atoms with Crippen LogP contribution in [0.2, 0.25) is 0 Å². The van der Waals surface area contributed by atoms with Crippen molar-refractivity contribution in [2.75, 3.05) is 13.1 Å². The van der Waals surface area contributed by atoms with E-state index in [4.69, 9.17) is 4.74 Å². The molecule has 1 aliphatic heterocycles. The Morgan fingerprint density at radius 3 is 3.00 bits per heavy atom. The zero-order valence-corrected chi connectivity index (χ0v) is 6.80. The van der Waals surface area contributed by atoms with Crippen molar-refractivity contribution >= 4 is 0 Å². The van der Waals surface area contributed by atoms with Crippen LogP contribution in [0.1, 0.15) is 12.8 Å². The van der Waals surface area contributed by atoms with E-state index in [9.17, 15) is 8.78 Å². The summed E-state index contributed by atoms with van der Waals surface area (Å²) >= 11 is 0. The van der Waals surface area contributed by atoms with Crippen LogP contribution < -0.4 is 5.32 Å². The summed E-state index contributed by atoms with van der Waals surface area (Å²) < 4.78 is 28.5. The molecule has 0 aliphatic carbocycles. The molecule has 1 aliphatic rings. The number of halogens is 2. The van der Waals surface area contributed by atoms with Gasteiger partial charge in [0.2, 0.25) is 0 Å². The Balaban J connectivity index is 2.03. The van der Waals surface area contributed by atoms with E-state index >= 15 is 0 Å². The summed E-state index contributed by atoms with van der Waals surface area (Å²) in [5.41, 5.74) is 0. The highest BCUT2D eigenvalue weighted by Gasteiger charge is 2.10. The van der Waals surface area contributed by atoms with Gasteiger partial charge in [0.05, 0.1) is 12.8 Å². The summed E-state index contributed by atoms with van der Waals surface area (Å²) in [6, 6.07) is 0. The van der Waals surface area contributed by atoms with E-state index in [1.54, 1.807) is 6.26 Å². The van der Waals surface area contributed by atoms with Crippen LogP contribution in [0.15, 0.2) is 12.3 Å². The first kappa shape index (κ1) is 9.45. The lowest BCUT2D eigenvalue weighted by atomic mass is 10.1. The van der Waals surface area contributed by atoms with E-state index in [-0.39, 0.29) is 12.6 Å². The largest absolute Gasteiger partial charge is 0.497 e. The van der Waals surface area contributed by atoms with E-state index in [1.165, 1.54) is 0 Å².